The van der Waals surface area contributed by atoms with Gasteiger partial charge in [0, 0.05) is 0 Å². The van der Waals surface area contributed by atoms with Crippen LogP contribution in [0.3, 0.4) is 0 Å². The summed E-state index contributed by atoms with van der Waals surface area (Å²) in [7, 11) is -3.69. The number of anilines is 1. The van der Waals surface area contributed by atoms with Gasteiger partial charge in [0.1, 0.15) is 6.54 Å². The van der Waals surface area contributed by atoms with E-state index in [0.717, 1.165) is 27.3 Å². The number of carbonyl (C=O) groups is 1. The van der Waals surface area contributed by atoms with E-state index in [-0.39, 0.29) is 23.3 Å². The molecule has 2 rings (SSSR count). The smallest absolute Gasteiger partial charge is 0.241 e. The van der Waals surface area contributed by atoms with Crippen molar-refractivity contribution in [2.45, 2.75) is 33.7 Å². The number of nitrogens with one attached hydrogen (secondary N) is 1. The van der Waals surface area contributed by atoms with Crippen LogP contribution in [0.1, 0.15) is 35.2 Å². The minimum atomic E-state index is -3.69. The molecule has 0 aliphatic rings. The number of amides is 1. The van der Waals surface area contributed by atoms with E-state index in [0.29, 0.717) is 5.02 Å². The first-order chi connectivity index (χ1) is 12.9. The largest absolute Gasteiger partial charge is 0.348 e. The fraction of sp³-hybridized carbons (Fsp3) is 0.350. The van der Waals surface area contributed by atoms with Gasteiger partial charge < -0.3 is 5.32 Å². The molecule has 0 aliphatic heterocycles. The second kappa shape index (κ2) is 8.72. The highest BCUT2D eigenvalue weighted by Gasteiger charge is 2.23. The van der Waals surface area contributed by atoms with Gasteiger partial charge >= 0.3 is 0 Å². The maximum Gasteiger partial charge on any atom is 0.241 e. The van der Waals surface area contributed by atoms with Crippen LogP contribution >= 0.6 is 23.2 Å². The number of rotatable bonds is 6. The Morgan fingerprint density at radius 3 is 2.21 bits per heavy atom. The minimum absolute atomic E-state index is 0.215. The van der Waals surface area contributed by atoms with Crippen LogP contribution in [0.15, 0.2) is 30.3 Å². The molecule has 0 fully saturated rings. The number of hydrogen-bond donors (Lipinski definition) is 1. The molecule has 0 radical (unpaired) electrons. The number of aryl methyl sites for hydroxylation is 3. The SMILES string of the molecule is Cc1cc(C)c([C@H](C)NC(=O)CN(c2ccc(Cl)c(Cl)c2)S(C)(=O)=O)cc1C. The summed E-state index contributed by atoms with van der Waals surface area (Å²) < 4.78 is 25.5. The van der Waals surface area contributed by atoms with Gasteiger partial charge in [-0.25, -0.2) is 8.42 Å². The molecule has 1 atom stereocenters. The molecule has 0 aliphatic carbocycles. The second-order valence-corrected chi connectivity index (χ2v) is 9.67. The van der Waals surface area contributed by atoms with Crippen molar-refractivity contribution in [3.63, 3.8) is 0 Å². The van der Waals surface area contributed by atoms with Crippen LogP contribution < -0.4 is 9.62 Å². The summed E-state index contributed by atoms with van der Waals surface area (Å²) in [5.41, 5.74) is 4.66. The van der Waals surface area contributed by atoms with Crippen LogP contribution in [-0.2, 0) is 14.8 Å². The molecule has 0 saturated carbocycles. The van der Waals surface area contributed by atoms with Gasteiger partial charge in [0.15, 0.2) is 0 Å². The molecule has 0 unspecified atom stereocenters. The second-order valence-electron chi connectivity index (χ2n) is 6.95. The first-order valence-electron chi connectivity index (χ1n) is 8.70. The molecule has 0 bridgehead atoms. The fourth-order valence-corrected chi connectivity index (χ4v) is 4.13. The summed E-state index contributed by atoms with van der Waals surface area (Å²) in [6, 6.07) is 8.29. The van der Waals surface area contributed by atoms with E-state index in [9.17, 15) is 13.2 Å². The molecule has 0 spiro atoms. The monoisotopic (exact) mass is 442 g/mol. The predicted molar refractivity (Wildman–Crippen MR) is 116 cm³/mol. The molecule has 1 N–H and O–H groups in total. The topological polar surface area (TPSA) is 66.5 Å². The number of halogens is 2. The van der Waals surface area contributed by atoms with Crippen molar-refractivity contribution in [2.75, 3.05) is 17.1 Å². The van der Waals surface area contributed by atoms with Gasteiger partial charge in [0.05, 0.1) is 28.0 Å². The average Bonchev–Trinajstić information content (AvgIpc) is 2.57. The molecule has 28 heavy (non-hydrogen) atoms. The van der Waals surface area contributed by atoms with Crippen LogP contribution in [-0.4, -0.2) is 27.1 Å². The third kappa shape index (κ3) is 5.40. The van der Waals surface area contributed by atoms with Crippen LogP contribution in [0.25, 0.3) is 0 Å². The summed E-state index contributed by atoms with van der Waals surface area (Å²) in [5.74, 6) is -0.415. The maximum absolute atomic E-state index is 12.6. The first-order valence-corrected chi connectivity index (χ1v) is 11.3. The maximum atomic E-state index is 12.6. The van der Waals surface area contributed by atoms with Crippen LogP contribution in [0.2, 0.25) is 10.0 Å². The third-order valence-electron chi connectivity index (χ3n) is 4.61. The molecule has 2 aromatic rings. The number of nitrogens with zero attached hydrogens (tertiary/aromatic N) is 1. The Bertz CT molecular complexity index is 1010. The van der Waals surface area contributed by atoms with E-state index < -0.39 is 15.9 Å². The Hall–Kier alpha value is -1.76. The average molecular weight is 443 g/mol. The van der Waals surface area contributed by atoms with Gasteiger partial charge in [-0.3, -0.25) is 9.10 Å². The van der Waals surface area contributed by atoms with Crippen molar-refractivity contribution in [2.24, 2.45) is 0 Å². The van der Waals surface area contributed by atoms with Gasteiger partial charge in [-0.1, -0.05) is 35.3 Å². The first kappa shape index (κ1) is 22.5. The number of hydrogen-bond acceptors (Lipinski definition) is 3. The van der Waals surface area contributed by atoms with E-state index in [4.69, 9.17) is 23.2 Å². The Morgan fingerprint density at radius 2 is 1.64 bits per heavy atom. The van der Waals surface area contributed by atoms with Crippen molar-refractivity contribution < 1.29 is 13.2 Å². The quantitative estimate of drug-likeness (QED) is 0.712. The van der Waals surface area contributed by atoms with E-state index in [1.165, 1.54) is 23.8 Å². The highest BCUT2D eigenvalue weighted by Crippen LogP contribution is 2.28. The molecule has 8 heteroatoms. The molecule has 0 aromatic heterocycles. The highest BCUT2D eigenvalue weighted by molar-refractivity contribution is 7.92. The predicted octanol–water partition coefficient (Wildman–Crippen LogP) is 4.56. The molecule has 0 saturated heterocycles. The highest BCUT2D eigenvalue weighted by atomic mass is 35.5. The third-order valence-corrected chi connectivity index (χ3v) is 6.48. The van der Waals surface area contributed by atoms with Gasteiger partial charge in [0.25, 0.3) is 0 Å². The van der Waals surface area contributed by atoms with E-state index in [2.05, 4.69) is 11.4 Å². The van der Waals surface area contributed by atoms with Crippen molar-refractivity contribution in [3.05, 3.63) is 62.6 Å². The molecule has 152 valence electrons. The number of carbonyl (C=O) groups excluding carboxylic acids is 1. The zero-order chi connectivity index (χ0) is 21.2. The fourth-order valence-electron chi connectivity index (χ4n) is 2.98. The molecular formula is C20H24Cl2N2O3S. The molecule has 2 aromatic carbocycles. The Morgan fingerprint density at radius 1 is 1.04 bits per heavy atom. The Kier molecular flexibility index (Phi) is 7.02. The summed E-state index contributed by atoms with van der Waals surface area (Å²) >= 11 is 11.9. The summed E-state index contributed by atoms with van der Waals surface area (Å²) in [6.45, 7) is 7.56. The summed E-state index contributed by atoms with van der Waals surface area (Å²) in [5, 5.41) is 3.40. The lowest BCUT2D eigenvalue weighted by molar-refractivity contribution is -0.120. The van der Waals surface area contributed by atoms with Gasteiger partial charge in [-0.2, -0.15) is 0 Å². The lowest BCUT2D eigenvalue weighted by Crippen LogP contribution is -2.41. The van der Waals surface area contributed by atoms with Crippen LogP contribution in [0, 0.1) is 20.8 Å². The van der Waals surface area contributed by atoms with E-state index in [1.807, 2.05) is 33.8 Å². The van der Waals surface area contributed by atoms with Crippen molar-refractivity contribution in [3.8, 4) is 0 Å². The minimum Gasteiger partial charge on any atom is -0.348 e. The van der Waals surface area contributed by atoms with Crippen LogP contribution in [0.5, 0.6) is 0 Å². The van der Waals surface area contributed by atoms with Gasteiger partial charge in [-0.15, -0.1) is 0 Å². The van der Waals surface area contributed by atoms with Gasteiger partial charge in [-0.05, 0) is 68.1 Å². The van der Waals surface area contributed by atoms with Crippen molar-refractivity contribution >= 4 is 44.8 Å². The zero-order valence-corrected chi connectivity index (χ0v) is 18.8. The number of benzene rings is 2. The number of sulfonamides is 1. The molecular weight excluding hydrogens is 419 g/mol. The van der Waals surface area contributed by atoms with Crippen molar-refractivity contribution in [1.29, 1.82) is 0 Å². The van der Waals surface area contributed by atoms with E-state index in [1.54, 1.807) is 0 Å². The lowest BCUT2D eigenvalue weighted by atomic mass is 9.96. The summed E-state index contributed by atoms with van der Waals surface area (Å²) in [6.07, 6.45) is 1.04. The standard InChI is InChI=1S/C20H24Cl2N2O3S/c1-12-8-14(3)17(9-13(12)2)15(4)23-20(25)11-24(28(5,26)27)16-6-7-18(21)19(22)10-16/h6-10,15H,11H2,1-5H3,(H,23,25)/t15-/m0/s1. The van der Waals surface area contributed by atoms with E-state index >= 15 is 0 Å². The molecule has 5 nitrogen and oxygen atoms in total. The molecule has 0 heterocycles. The van der Waals surface area contributed by atoms with Crippen molar-refractivity contribution in [1.82, 2.24) is 5.32 Å². The Balaban J connectivity index is 2.22. The normalized spacial score (nSPS) is 12.5. The molecule has 1 amide bonds. The zero-order valence-electron chi connectivity index (χ0n) is 16.5. The Labute approximate surface area is 176 Å². The lowest BCUT2D eigenvalue weighted by Gasteiger charge is -2.24. The van der Waals surface area contributed by atoms with Gasteiger partial charge in [0.2, 0.25) is 15.9 Å². The van der Waals surface area contributed by atoms with Crippen LogP contribution in [0.4, 0.5) is 5.69 Å². The summed E-state index contributed by atoms with van der Waals surface area (Å²) in [4.78, 5) is 12.6.